The van der Waals surface area contributed by atoms with E-state index in [1.165, 1.54) is 0 Å². The summed E-state index contributed by atoms with van der Waals surface area (Å²) in [6.07, 6.45) is 2.52. The standard InChI is InChI=1S/C11H10O3/c12-11(13)7-9-6-5-8-3-1-2-4-10(8)14-9/h1-4,6H,5,7H2,(H,12,13). The van der Waals surface area contributed by atoms with Crippen LogP contribution in [0.2, 0.25) is 0 Å². The Morgan fingerprint density at radius 3 is 3.00 bits per heavy atom. The SMILES string of the molecule is O=C(O)CC1=CCc2ccccc2O1. The summed E-state index contributed by atoms with van der Waals surface area (Å²) in [7, 11) is 0. The van der Waals surface area contributed by atoms with Crippen molar-refractivity contribution >= 4 is 5.97 Å². The second kappa shape index (κ2) is 3.54. The number of benzene rings is 1. The summed E-state index contributed by atoms with van der Waals surface area (Å²) >= 11 is 0. The highest BCUT2D eigenvalue weighted by molar-refractivity contribution is 5.69. The topological polar surface area (TPSA) is 46.5 Å². The monoisotopic (exact) mass is 190 g/mol. The van der Waals surface area contributed by atoms with E-state index in [2.05, 4.69) is 0 Å². The van der Waals surface area contributed by atoms with E-state index in [1.807, 2.05) is 30.3 Å². The van der Waals surface area contributed by atoms with Crippen molar-refractivity contribution in [2.75, 3.05) is 0 Å². The predicted molar refractivity (Wildman–Crippen MR) is 51.1 cm³/mol. The van der Waals surface area contributed by atoms with Crippen LogP contribution in [0.4, 0.5) is 0 Å². The minimum absolute atomic E-state index is 0.0473. The van der Waals surface area contributed by atoms with Gasteiger partial charge in [-0.2, -0.15) is 0 Å². The van der Waals surface area contributed by atoms with Gasteiger partial charge in [0.1, 0.15) is 17.9 Å². The molecule has 3 heteroatoms. The quantitative estimate of drug-likeness (QED) is 0.775. The Balaban J connectivity index is 2.17. The summed E-state index contributed by atoms with van der Waals surface area (Å²) in [5.74, 6) is 0.429. The molecule has 0 saturated heterocycles. The zero-order valence-electron chi connectivity index (χ0n) is 7.56. The maximum atomic E-state index is 10.5. The molecule has 0 aromatic heterocycles. The van der Waals surface area contributed by atoms with E-state index < -0.39 is 5.97 Å². The number of hydrogen-bond acceptors (Lipinski definition) is 2. The van der Waals surface area contributed by atoms with Gasteiger partial charge in [0.05, 0.1) is 0 Å². The number of carboxylic acids is 1. The van der Waals surface area contributed by atoms with Crippen LogP contribution in [0.3, 0.4) is 0 Å². The van der Waals surface area contributed by atoms with E-state index in [0.29, 0.717) is 5.76 Å². The lowest BCUT2D eigenvalue weighted by Gasteiger charge is -2.16. The van der Waals surface area contributed by atoms with Gasteiger partial charge in [-0.15, -0.1) is 0 Å². The van der Waals surface area contributed by atoms with Gasteiger partial charge in [-0.25, -0.2) is 0 Å². The number of carboxylic acid groups (broad SMARTS) is 1. The minimum Gasteiger partial charge on any atom is -0.481 e. The van der Waals surface area contributed by atoms with Crippen molar-refractivity contribution < 1.29 is 14.6 Å². The zero-order valence-corrected chi connectivity index (χ0v) is 7.56. The molecule has 1 aromatic carbocycles. The molecule has 0 spiro atoms. The normalized spacial score (nSPS) is 13.9. The molecule has 3 nitrogen and oxygen atoms in total. The van der Waals surface area contributed by atoms with Gasteiger partial charge in [0.2, 0.25) is 0 Å². The lowest BCUT2D eigenvalue weighted by atomic mass is 10.1. The molecule has 1 N–H and O–H groups in total. The van der Waals surface area contributed by atoms with Crippen LogP contribution >= 0.6 is 0 Å². The van der Waals surface area contributed by atoms with Crippen LogP contribution in [0.1, 0.15) is 12.0 Å². The molecule has 0 amide bonds. The number of ether oxygens (including phenoxy) is 1. The van der Waals surface area contributed by atoms with Crippen molar-refractivity contribution in [3.05, 3.63) is 41.7 Å². The Bertz CT molecular complexity index is 393. The first-order chi connectivity index (χ1) is 6.75. The van der Waals surface area contributed by atoms with Gasteiger partial charge < -0.3 is 9.84 Å². The number of carbonyl (C=O) groups is 1. The Labute approximate surface area is 81.6 Å². The fourth-order valence-electron chi connectivity index (χ4n) is 1.44. The minimum atomic E-state index is -0.865. The summed E-state index contributed by atoms with van der Waals surface area (Å²) in [4.78, 5) is 10.5. The Kier molecular flexibility index (Phi) is 2.23. The molecule has 0 atom stereocenters. The maximum Gasteiger partial charge on any atom is 0.311 e. The highest BCUT2D eigenvalue weighted by atomic mass is 16.5. The van der Waals surface area contributed by atoms with Crippen LogP contribution in [0.5, 0.6) is 5.75 Å². The summed E-state index contributed by atoms with van der Waals surface area (Å²) in [5.41, 5.74) is 1.10. The number of para-hydroxylation sites is 1. The van der Waals surface area contributed by atoms with Crippen LogP contribution in [-0.2, 0) is 11.2 Å². The first kappa shape index (κ1) is 8.81. The van der Waals surface area contributed by atoms with E-state index >= 15 is 0 Å². The third-order valence-electron chi connectivity index (χ3n) is 2.09. The second-order valence-corrected chi connectivity index (χ2v) is 3.15. The van der Waals surface area contributed by atoms with Gasteiger partial charge in [0, 0.05) is 0 Å². The molecule has 0 radical (unpaired) electrons. The summed E-state index contributed by atoms with van der Waals surface area (Å²) in [6, 6.07) is 7.65. The van der Waals surface area contributed by atoms with E-state index in [9.17, 15) is 4.79 Å². The van der Waals surface area contributed by atoms with Gasteiger partial charge in [-0.3, -0.25) is 4.79 Å². The molecular formula is C11H10O3. The fourth-order valence-corrected chi connectivity index (χ4v) is 1.44. The second-order valence-electron chi connectivity index (χ2n) is 3.15. The third kappa shape index (κ3) is 1.76. The van der Waals surface area contributed by atoms with E-state index in [0.717, 1.165) is 17.7 Å². The van der Waals surface area contributed by atoms with Gasteiger partial charge in [-0.1, -0.05) is 18.2 Å². The van der Waals surface area contributed by atoms with Gasteiger partial charge in [0.25, 0.3) is 0 Å². The van der Waals surface area contributed by atoms with E-state index in [4.69, 9.17) is 9.84 Å². The van der Waals surface area contributed by atoms with Crippen LogP contribution in [0, 0.1) is 0 Å². The lowest BCUT2D eigenvalue weighted by Crippen LogP contribution is -2.08. The first-order valence-electron chi connectivity index (χ1n) is 4.42. The fraction of sp³-hybridized carbons (Fsp3) is 0.182. The molecule has 2 rings (SSSR count). The Morgan fingerprint density at radius 1 is 1.43 bits per heavy atom. The summed E-state index contributed by atoms with van der Waals surface area (Å²) < 4.78 is 5.42. The molecule has 0 unspecified atom stereocenters. The molecule has 0 bridgehead atoms. The first-order valence-corrected chi connectivity index (χ1v) is 4.42. The largest absolute Gasteiger partial charge is 0.481 e. The maximum absolute atomic E-state index is 10.5. The number of allylic oxidation sites excluding steroid dienone is 1. The number of fused-ring (bicyclic) bond motifs is 1. The van der Waals surface area contributed by atoms with Crippen molar-refractivity contribution in [3.8, 4) is 5.75 Å². The molecular weight excluding hydrogens is 180 g/mol. The van der Waals surface area contributed by atoms with Crippen molar-refractivity contribution in [1.29, 1.82) is 0 Å². The highest BCUT2D eigenvalue weighted by Gasteiger charge is 2.13. The Morgan fingerprint density at radius 2 is 2.21 bits per heavy atom. The van der Waals surface area contributed by atoms with Crippen molar-refractivity contribution in [3.63, 3.8) is 0 Å². The molecule has 0 aliphatic carbocycles. The van der Waals surface area contributed by atoms with Crippen LogP contribution in [-0.4, -0.2) is 11.1 Å². The van der Waals surface area contributed by atoms with Crippen molar-refractivity contribution in [2.45, 2.75) is 12.8 Å². The van der Waals surface area contributed by atoms with Crippen molar-refractivity contribution in [2.24, 2.45) is 0 Å². The van der Waals surface area contributed by atoms with Crippen LogP contribution in [0.25, 0.3) is 0 Å². The molecule has 0 fully saturated rings. The molecule has 1 aliphatic heterocycles. The number of aliphatic carboxylic acids is 1. The van der Waals surface area contributed by atoms with E-state index in [-0.39, 0.29) is 6.42 Å². The predicted octanol–water partition coefficient (Wildman–Crippen LogP) is 1.98. The molecule has 1 heterocycles. The average molecular weight is 190 g/mol. The smallest absolute Gasteiger partial charge is 0.311 e. The lowest BCUT2D eigenvalue weighted by molar-refractivity contribution is -0.136. The zero-order chi connectivity index (χ0) is 9.97. The molecule has 1 aromatic rings. The van der Waals surface area contributed by atoms with Crippen LogP contribution in [0.15, 0.2) is 36.1 Å². The summed E-state index contributed by atoms with van der Waals surface area (Å²) in [6.45, 7) is 0. The van der Waals surface area contributed by atoms with E-state index in [1.54, 1.807) is 0 Å². The Hall–Kier alpha value is -1.77. The molecule has 14 heavy (non-hydrogen) atoms. The highest BCUT2D eigenvalue weighted by Crippen LogP contribution is 2.26. The number of hydrogen-bond donors (Lipinski definition) is 1. The average Bonchev–Trinajstić information content (AvgIpc) is 2.17. The van der Waals surface area contributed by atoms with Crippen molar-refractivity contribution in [1.82, 2.24) is 0 Å². The van der Waals surface area contributed by atoms with Gasteiger partial charge in [0.15, 0.2) is 0 Å². The third-order valence-corrected chi connectivity index (χ3v) is 2.09. The molecule has 72 valence electrons. The molecule has 0 saturated carbocycles. The van der Waals surface area contributed by atoms with Crippen LogP contribution < -0.4 is 4.74 Å². The molecule has 1 aliphatic rings. The van der Waals surface area contributed by atoms with Gasteiger partial charge >= 0.3 is 5.97 Å². The number of rotatable bonds is 2. The van der Waals surface area contributed by atoms with Gasteiger partial charge in [-0.05, 0) is 24.1 Å². The summed E-state index contributed by atoms with van der Waals surface area (Å²) in [5, 5.41) is 8.59.